The van der Waals surface area contributed by atoms with E-state index in [0.717, 1.165) is 11.1 Å². The largest absolute Gasteiger partial charge is 1.00 e. The fraction of sp³-hybridized carbons (Fsp3) is 0.222. The first kappa shape index (κ1) is 16.5. The maximum Gasteiger partial charge on any atom is 0.182 e. The van der Waals surface area contributed by atoms with Crippen molar-refractivity contribution in [3.05, 3.63) is 59.2 Å². The van der Waals surface area contributed by atoms with Crippen LogP contribution in [0.3, 0.4) is 0 Å². The smallest absolute Gasteiger partial charge is 0.182 e. The number of nitrogens with one attached hydrogen (secondary N) is 1. The van der Waals surface area contributed by atoms with Crippen molar-refractivity contribution in [1.82, 2.24) is 4.90 Å². The van der Waals surface area contributed by atoms with Crippen LogP contribution in [0.25, 0.3) is 0 Å². The second-order valence-corrected chi connectivity index (χ2v) is 5.64. The Morgan fingerprint density at radius 1 is 1.08 bits per heavy atom. The van der Waals surface area contributed by atoms with Gasteiger partial charge >= 0.3 is 0 Å². The van der Waals surface area contributed by atoms with Gasteiger partial charge in [0.2, 0.25) is 0 Å². The number of fused-ring (bicyclic) bond motifs is 2. The zero-order valence-corrected chi connectivity index (χ0v) is 14.5. The Morgan fingerprint density at radius 2 is 1.83 bits per heavy atom. The number of ketones is 1. The van der Waals surface area contributed by atoms with Crippen molar-refractivity contribution in [2.75, 3.05) is 19.8 Å². The topological polar surface area (TPSA) is 62.6 Å². The minimum absolute atomic E-state index is 0. The summed E-state index contributed by atoms with van der Waals surface area (Å²) in [4.78, 5) is 14.3. The standard InChI is InChI=1S/C18H16N2O3.BrH/c19-18-14-4-2-1-3-13(14)10-20(18)11-15(21)12-5-6-16-17(9-12)23-8-7-22-16;/h1-6,9,19H,7-8,10-11H2;1H/p-1. The van der Waals surface area contributed by atoms with Gasteiger partial charge in [0.05, 0.1) is 6.54 Å². The highest BCUT2D eigenvalue weighted by atomic mass is 79.9. The minimum atomic E-state index is -0.0282. The third kappa shape index (κ3) is 2.89. The number of hydrogen-bond acceptors (Lipinski definition) is 4. The van der Waals surface area contributed by atoms with Gasteiger partial charge in [-0.2, -0.15) is 0 Å². The van der Waals surface area contributed by atoms with Crippen molar-refractivity contribution in [3.63, 3.8) is 0 Å². The van der Waals surface area contributed by atoms with Crippen LogP contribution in [0.5, 0.6) is 11.5 Å². The molecular formula is C18H16BrN2O3-. The predicted molar refractivity (Wildman–Crippen MR) is 85.4 cm³/mol. The molecule has 0 spiro atoms. The number of nitrogens with zero attached hydrogens (tertiary/aromatic N) is 1. The quantitative estimate of drug-likeness (QED) is 0.720. The lowest BCUT2D eigenvalue weighted by molar-refractivity contribution is -0.0000132. The fourth-order valence-corrected chi connectivity index (χ4v) is 2.96. The second kappa shape index (κ2) is 6.65. The SMILES string of the molecule is N=C1c2ccccc2CN1CC(=O)c1ccc2c(c1)OCCO2.[Br-]. The van der Waals surface area contributed by atoms with Crippen LogP contribution in [0.1, 0.15) is 21.5 Å². The molecule has 0 saturated carbocycles. The molecule has 0 atom stereocenters. The Bertz CT molecular complexity index is 807. The van der Waals surface area contributed by atoms with E-state index in [1.807, 2.05) is 24.3 Å². The van der Waals surface area contributed by atoms with Crippen LogP contribution in [-0.4, -0.2) is 36.3 Å². The van der Waals surface area contributed by atoms with E-state index in [4.69, 9.17) is 14.9 Å². The van der Waals surface area contributed by atoms with Crippen LogP contribution < -0.4 is 26.5 Å². The normalized spacial score (nSPS) is 14.8. The van der Waals surface area contributed by atoms with E-state index < -0.39 is 0 Å². The Balaban J connectivity index is 0.00000169. The molecule has 0 fully saturated rings. The molecule has 0 amide bonds. The Labute approximate surface area is 150 Å². The van der Waals surface area contributed by atoms with Crippen molar-refractivity contribution in [2.45, 2.75) is 6.54 Å². The average Bonchev–Trinajstić information content (AvgIpc) is 2.91. The summed E-state index contributed by atoms with van der Waals surface area (Å²) in [6, 6.07) is 13.0. The highest BCUT2D eigenvalue weighted by Gasteiger charge is 2.26. The van der Waals surface area contributed by atoms with E-state index in [9.17, 15) is 4.79 Å². The summed E-state index contributed by atoms with van der Waals surface area (Å²) in [6.45, 7) is 1.82. The van der Waals surface area contributed by atoms with Gasteiger partial charge in [-0.3, -0.25) is 10.2 Å². The summed E-state index contributed by atoms with van der Waals surface area (Å²) < 4.78 is 11.0. The van der Waals surface area contributed by atoms with Crippen LogP contribution in [0.4, 0.5) is 0 Å². The first-order valence-corrected chi connectivity index (χ1v) is 7.57. The molecule has 0 saturated heterocycles. The van der Waals surface area contributed by atoms with Crippen molar-refractivity contribution in [3.8, 4) is 11.5 Å². The van der Waals surface area contributed by atoms with Gasteiger partial charge in [0, 0.05) is 17.7 Å². The Morgan fingerprint density at radius 3 is 2.62 bits per heavy atom. The zero-order chi connectivity index (χ0) is 15.8. The highest BCUT2D eigenvalue weighted by molar-refractivity contribution is 6.05. The van der Waals surface area contributed by atoms with Gasteiger partial charge < -0.3 is 31.4 Å². The number of ether oxygens (including phenoxy) is 2. The maximum atomic E-state index is 12.5. The van der Waals surface area contributed by atoms with Crippen molar-refractivity contribution < 1.29 is 31.2 Å². The number of benzene rings is 2. The van der Waals surface area contributed by atoms with E-state index >= 15 is 0 Å². The Kier molecular flexibility index (Phi) is 4.57. The number of rotatable bonds is 3. The van der Waals surface area contributed by atoms with Gasteiger partial charge in [-0.1, -0.05) is 24.3 Å². The molecule has 6 heteroatoms. The summed E-state index contributed by atoms with van der Waals surface area (Å²) in [7, 11) is 0. The second-order valence-electron chi connectivity index (χ2n) is 5.64. The molecule has 0 bridgehead atoms. The number of halogens is 1. The molecule has 2 aliphatic heterocycles. The number of Topliss-reactive ketones (excluding diaryl/α,β-unsaturated/α-hetero) is 1. The van der Waals surface area contributed by atoms with Gasteiger partial charge in [0.25, 0.3) is 0 Å². The minimum Gasteiger partial charge on any atom is -1.00 e. The van der Waals surface area contributed by atoms with Gasteiger partial charge in [0.15, 0.2) is 17.3 Å². The average molecular weight is 388 g/mol. The van der Waals surface area contributed by atoms with Crippen LogP contribution in [0.15, 0.2) is 42.5 Å². The molecule has 2 aliphatic rings. The van der Waals surface area contributed by atoms with Crippen LogP contribution >= 0.6 is 0 Å². The summed E-state index contributed by atoms with van der Waals surface area (Å²) in [6.07, 6.45) is 0. The van der Waals surface area contributed by atoms with Crippen LogP contribution in [-0.2, 0) is 6.54 Å². The lowest BCUT2D eigenvalue weighted by Crippen LogP contribution is -3.00. The van der Waals surface area contributed by atoms with E-state index in [1.165, 1.54) is 0 Å². The summed E-state index contributed by atoms with van der Waals surface area (Å²) >= 11 is 0. The lowest BCUT2D eigenvalue weighted by Gasteiger charge is -2.20. The van der Waals surface area contributed by atoms with Gasteiger partial charge in [-0.25, -0.2) is 0 Å². The first-order valence-electron chi connectivity index (χ1n) is 7.57. The third-order valence-electron chi connectivity index (χ3n) is 4.15. The van der Waals surface area contributed by atoms with E-state index in [-0.39, 0.29) is 29.3 Å². The van der Waals surface area contributed by atoms with Gasteiger partial charge in [0.1, 0.15) is 19.0 Å². The lowest BCUT2D eigenvalue weighted by atomic mass is 10.1. The fourth-order valence-electron chi connectivity index (χ4n) is 2.96. The molecule has 0 unspecified atom stereocenters. The molecule has 5 nitrogen and oxygen atoms in total. The molecule has 2 aromatic rings. The predicted octanol–water partition coefficient (Wildman–Crippen LogP) is -0.514. The molecule has 124 valence electrons. The summed E-state index contributed by atoms with van der Waals surface area (Å²) in [5.74, 6) is 1.67. The molecule has 0 aromatic heterocycles. The van der Waals surface area contributed by atoms with E-state index in [0.29, 0.717) is 42.7 Å². The van der Waals surface area contributed by atoms with Crippen LogP contribution in [0.2, 0.25) is 0 Å². The number of carbonyl (C=O) groups excluding carboxylic acids is 1. The van der Waals surface area contributed by atoms with Gasteiger partial charge in [-0.05, 0) is 23.8 Å². The number of hydrogen-bond donors (Lipinski definition) is 1. The molecule has 2 heterocycles. The summed E-state index contributed by atoms with van der Waals surface area (Å²) in [5, 5.41) is 8.22. The number of amidine groups is 1. The van der Waals surface area contributed by atoms with E-state index in [2.05, 4.69) is 0 Å². The van der Waals surface area contributed by atoms with Gasteiger partial charge in [-0.15, -0.1) is 0 Å². The highest BCUT2D eigenvalue weighted by Crippen LogP contribution is 2.31. The van der Waals surface area contributed by atoms with Crippen LogP contribution in [0, 0.1) is 5.41 Å². The molecule has 24 heavy (non-hydrogen) atoms. The maximum absolute atomic E-state index is 12.5. The molecular weight excluding hydrogens is 372 g/mol. The van der Waals surface area contributed by atoms with Crippen molar-refractivity contribution >= 4 is 11.6 Å². The third-order valence-corrected chi connectivity index (χ3v) is 4.15. The monoisotopic (exact) mass is 387 g/mol. The molecule has 0 aliphatic carbocycles. The van der Waals surface area contributed by atoms with E-state index in [1.54, 1.807) is 23.1 Å². The molecule has 0 radical (unpaired) electrons. The summed E-state index contributed by atoms with van der Waals surface area (Å²) in [5.41, 5.74) is 2.58. The molecule has 1 N–H and O–H groups in total. The first-order chi connectivity index (χ1) is 11.2. The van der Waals surface area contributed by atoms with Crippen molar-refractivity contribution in [1.29, 1.82) is 5.41 Å². The molecule has 4 rings (SSSR count). The Hall–Kier alpha value is -2.34. The number of carbonyl (C=O) groups is 1. The molecule has 2 aromatic carbocycles. The van der Waals surface area contributed by atoms with Crippen molar-refractivity contribution in [2.24, 2.45) is 0 Å². The zero-order valence-electron chi connectivity index (χ0n) is 12.9.